The maximum absolute atomic E-state index is 8.64. The highest BCUT2D eigenvalue weighted by molar-refractivity contribution is 8.01. The maximum Gasteiger partial charge on any atom is 0.0895 e. The second kappa shape index (κ2) is 2.87. The third kappa shape index (κ3) is 1.16. The number of oxime groups is 1. The minimum atomic E-state index is 0.833. The highest BCUT2D eigenvalue weighted by atomic mass is 32.2. The highest BCUT2D eigenvalue weighted by Crippen LogP contribution is 2.34. The second-order valence-corrected chi connectivity index (χ2v) is 4.55. The first-order valence-corrected chi connectivity index (χ1v) is 5.20. The smallest absolute Gasteiger partial charge is 0.0895 e. The summed E-state index contributed by atoms with van der Waals surface area (Å²) in [5.74, 6) is 1.03. The van der Waals surface area contributed by atoms with Crippen LogP contribution < -0.4 is 0 Å². The lowest BCUT2D eigenvalue weighted by Crippen LogP contribution is -2.06. The number of hydrogen-bond donors (Lipinski definition) is 1. The Morgan fingerprint density at radius 3 is 3.27 bits per heavy atom. The van der Waals surface area contributed by atoms with Crippen LogP contribution in [0, 0.1) is 0 Å². The Hall–Kier alpha value is -0.480. The van der Waals surface area contributed by atoms with Crippen LogP contribution in [0.1, 0.15) is 12.0 Å². The molecule has 0 saturated heterocycles. The zero-order valence-electron chi connectivity index (χ0n) is 5.78. The van der Waals surface area contributed by atoms with Crippen molar-refractivity contribution < 1.29 is 5.21 Å². The summed E-state index contributed by atoms with van der Waals surface area (Å²) in [5, 5.41) is 13.9. The van der Waals surface area contributed by atoms with Crippen molar-refractivity contribution in [2.75, 3.05) is 5.75 Å². The van der Waals surface area contributed by atoms with Crippen LogP contribution >= 0.6 is 23.1 Å². The standard InChI is InChI=1S/C7H7NOS2/c9-8-6-2-4-11-7-5(6)1-3-10-7/h1,3,9H,2,4H2/b8-6-. The van der Waals surface area contributed by atoms with Crippen molar-refractivity contribution in [1.82, 2.24) is 0 Å². The molecule has 0 radical (unpaired) electrons. The molecule has 11 heavy (non-hydrogen) atoms. The highest BCUT2D eigenvalue weighted by Gasteiger charge is 2.16. The molecule has 0 amide bonds. The van der Waals surface area contributed by atoms with Gasteiger partial charge < -0.3 is 5.21 Å². The lowest BCUT2D eigenvalue weighted by Gasteiger charge is -2.10. The minimum Gasteiger partial charge on any atom is -0.411 e. The van der Waals surface area contributed by atoms with Crippen LogP contribution in [0.2, 0.25) is 0 Å². The van der Waals surface area contributed by atoms with Gasteiger partial charge in [0.25, 0.3) is 0 Å². The molecule has 0 unspecified atom stereocenters. The Morgan fingerprint density at radius 1 is 1.55 bits per heavy atom. The molecule has 2 rings (SSSR count). The van der Waals surface area contributed by atoms with Gasteiger partial charge in [0.2, 0.25) is 0 Å². The topological polar surface area (TPSA) is 32.6 Å². The maximum atomic E-state index is 8.64. The second-order valence-electron chi connectivity index (χ2n) is 2.27. The van der Waals surface area contributed by atoms with Gasteiger partial charge in [-0.05, 0) is 11.4 Å². The molecule has 1 N–H and O–H groups in total. The molecular formula is C7H7NOS2. The van der Waals surface area contributed by atoms with Crippen LogP contribution in [0.5, 0.6) is 0 Å². The first kappa shape index (κ1) is 7.18. The van der Waals surface area contributed by atoms with E-state index in [2.05, 4.69) is 5.16 Å². The predicted molar refractivity (Wildman–Crippen MR) is 48.0 cm³/mol. The van der Waals surface area contributed by atoms with Gasteiger partial charge in [-0.1, -0.05) is 5.16 Å². The number of nitrogens with zero attached hydrogens (tertiary/aromatic N) is 1. The molecule has 0 aromatic carbocycles. The molecule has 1 aliphatic heterocycles. The fourth-order valence-electron chi connectivity index (χ4n) is 1.10. The van der Waals surface area contributed by atoms with Crippen LogP contribution in [0.25, 0.3) is 0 Å². The summed E-state index contributed by atoms with van der Waals surface area (Å²) >= 11 is 3.56. The molecule has 0 saturated carbocycles. The summed E-state index contributed by atoms with van der Waals surface area (Å²) < 4.78 is 1.28. The molecular weight excluding hydrogens is 178 g/mol. The molecule has 2 nitrogen and oxygen atoms in total. The lowest BCUT2D eigenvalue weighted by atomic mass is 10.1. The summed E-state index contributed by atoms with van der Waals surface area (Å²) in [6, 6.07) is 2.02. The summed E-state index contributed by atoms with van der Waals surface area (Å²) in [5.41, 5.74) is 1.95. The van der Waals surface area contributed by atoms with Crippen LogP contribution in [0.4, 0.5) is 0 Å². The van der Waals surface area contributed by atoms with E-state index >= 15 is 0 Å². The largest absolute Gasteiger partial charge is 0.411 e. The van der Waals surface area contributed by atoms with Crippen LogP contribution in [-0.2, 0) is 0 Å². The van der Waals surface area contributed by atoms with E-state index in [1.54, 1.807) is 11.3 Å². The zero-order chi connectivity index (χ0) is 7.68. The van der Waals surface area contributed by atoms with E-state index in [9.17, 15) is 0 Å². The van der Waals surface area contributed by atoms with E-state index in [-0.39, 0.29) is 0 Å². The van der Waals surface area contributed by atoms with Crippen molar-refractivity contribution in [3.63, 3.8) is 0 Å². The molecule has 1 aromatic heterocycles. The normalized spacial score (nSPS) is 20.2. The molecule has 0 spiro atoms. The van der Waals surface area contributed by atoms with E-state index in [4.69, 9.17) is 5.21 Å². The summed E-state index contributed by atoms with van der Waals surface area (Å²) in [6.45, 7) is 0. The average Bonchev–Trinajstić information content (AvgIpc) is 2.50. The number of fused-ring (bicyclic) bond motifs is 1. The molecule has 0 fully saturated rings. The van der Waals surface area contributed by atoms with E-state index in [1.165, 1.54) is 4.21 Å². The quantitative estimate of drug-likeness (QED) is 0.497. The number of thioether (sulfide) groups is 1. The fourth-order valence-corrected chi connectivity index (χ4v) is 3.25. The van der Waals surface area contributed by atoms with Crippen LogP contribution in [0.15, 0.2) is 20.8 Å². The van der Waals surface area contributed by atoms with Crippen molar-refractivity contribution in [2.24, 2.45) is 5.16 Å². The van der Waals surface area contributed by atoms with Gasteiger partial charge in [0.15, 0.2) is 0 Å². The molecule has 2 heterocycles. The third-order valence-corrected chi connectivity index (χ3v) is 3.87. The van der Waals surface area contributed by atoms with Gasteiger partial charge in [0.05, 0.1) is 9.92 Å². The third-order valence-electron chi connectivity index (χ3n) is 1.63. The summed E-state index contributed by atoms with van der Waals surface area (Å²) in [6.07, 6.45) is 0.880. The number of hydrogen-bond acceptors (Lipinski definition) is 4. The Labute approximate surface area is 72.9 Å². The van der Waals surface area contributed by atoms with Gasteiger partial charge in [0.1, 0.15) is 0 Å². The van der Waals surface area contributed by atoms with E-state index in [1.807, 2.05) is 23.2 Å². The fraction of sp³-hybridized carbons (Fsp3) is 0.286. The van der Waals surface area contributed by atoms with E-state index in [0.717, 1.165) is 23.4 Å². The molecule has 0 bridgehead atoms. The predicted octanol–water partition coefficient (Wildman–Crippen LogP) is 2.42. The van der Waals surface area contributed by atoms with E-state index < -0.39 is 0 Å². The van der Waals surface area contributed by atoms with Gasteiger partial charge in [-0.3, -0.25) is 0 Å². The molecule has 0 aliphatic carbocycles. The number of rotatable bonds is 0. The van der Waals surface area contributed by atoms with Gasteiger partial charge in [-0.15, -0.1) is 23.1 Å². The molecule has 0 atom stereocenters. The van der Waals surface area contributed by atoms with Crippen molar-refractivity contribution in [3.8, 4) is 0 Å². The molecule has 1 aliphatic rings. The first-order valence-electron chi connectivity index (χ1n) is 3.33. The van der Waals surface area contributed by atoms with Crippen molar-refractivity contribution in [3.05, 3.63) is 17.0 Å². The summed E-state index contributed by atoms with van der Waals surface area (Å²) in [4.78, 5) is 0. The van der Waals surface area contributed by atoms with Gasteiger partial charge >= 0.3 is 0 Å². The molecule has 1 aromatic rings. The zero-order valence-corrected chi connectivity index (χ0v) is 7.41. The van der Waals surface area contributed by atoms with Crippen molar-refractivity contribution >= 4 is 28.8 Å². The Balaban J connectivity index is 2.48. The first-order chi connectivity index (χ1) is 5.42. The Bertz CT molecular complexity index is 292. The van der Waals surface area contributed by atoms with Gasteiger partial charge in [-0.2, -0.15) is 0 Å². The Morgan fingerprint density at radius 2 is 2.45 bits per heavy atom. The van der Waals surface area contributed by atoms with E-state index in [0.29, 0.717) is 0 Å². The van der Waals surface area contributed by atoms with Crippen LogP contribution in [0.3, 0.4) is 0 Å². The minimum absolute atomic E-state index is 0.833. The lowest BCUT2D eigenvalue weighted by molar-refractivity contribution is 0.318. The number of thiophene rings is 1. The van der Waals surface area contributed by atoms with Gasteiger partial charge in [0, 0.05) is 17.7 Å². The monoisotopic (exact) mass is 185 g/mol. The van der Waals surface area contributed by atoms with Gasteiger partial charge in [-0.25, -0.2) is 0 Å². The summed E-state index contributed by atoms with van der Waals surface area (Å²) in [7, 11) is 0. The molecule has 4 heteroatoms. The van der Waals surface area contributed by atoms with Crippen molar-refractivity contribution in [2.45, 2.75) is 10.6 Å². The van der Waals surface area contributed by atoms with Crippen molar-refractivity contribution in [1.29, 1.82) is 0 Å². The molecule has 58 valence electrons. The van der Waals surface area contributed by atoms with Crippen LogP contribution in [-0.4, -0.2) is 16.7 Å². The Kier molecular flexibility index (Phi) is 1.87. The SMILES string of the molecule is O/N=C1/CCSc2sccc21. The average molecular weight is 185 g/mol.